The first-order valence-electron chi connectivity index (χ1n) is 8.59. The van der Waals surface area contributed by atoms with Gasteiger partial charge in [0, 0.05) is 35.6 Å². The molecule has 3 rings (SSSR count). The lowest BCUT2D eigenvalue weighted by Crippen LogP contribution is -2.45. The van der Waals surface area contributed by atoms with Gasteiger partial charge in [-0.2, -0.15) is 0 Å². The van der Waals surface area contributed by atoms with Crippen molar-refractivity contribution in [3.63, 3.8) is 0 Å². The van der Waals surface area contributed by atoms with E-state index in [1.807, 2.05) is 6.92 Å². The van der Waals surface area contributed by atoms with E-state index in [1.54, 1.807) is 32.9 Å². The Morgan fingerprint density at radius 3 is 2.77 bits per heavy atom. The summed E-state index contributed by atoms with van der Waals surface area (Å²) in [4.78, 5) is 33.3. The van der Waals surface area contributed by atoms with E-state index in [-0.39, 0.29) is 12.5 Å². The van der Waals surface area contributed by atoms with E-state index in [4.69, 9.17) is 4.74 Å². The minimum Gasteiger partial charge on any atom is -0.443 e. The molecular weight excluding hydrogens is 337 g/mol. The van der Waals surface area contributed by atoms with Crippen molar-refractivity contribution in [3.8, 4) is 11.3 Å². The molecule has 6 nitrogen and oxygen atoms in total. The maximum Gasteiger partial charge on any atom is 0.417 e. The molecule has 0 aliphatic carbocycles. The van der Waals surface area contributed by atoms with Crippen LogP contribution in [0.3, 0.4) is 0 Å². The number of hydrogen-bond acceptors (Lipinski definition) is 4. The molecule has 1 unspecified atom stereocenters. The number of halogens is 1. The summed E-state index contributed by atoms with van der Waals surface area (Å²) in [5.74, 6) is -0.972. The van der Waals surface area contributed by atoms with Gasteiger partial charge in [0.25, 0.3) is 5.91 Å². The molecule has 0 spiro atoms. The smallest absolute Gasteiger partial charge is 0.417 e. The molecule has 2 aromatic heterocycles. The van der Waals surface area contributed by atoms with Crippen LogP contribution in [0.25, 0.3) is 11.3 Å². The van der Waals surface area contributed by atoms with Gasteiger partial charge in [0.15, 0.2) is 5.82 Å². The minimum absolute atomic E-state index is 0.0612. The van der Waals surface area contributed by atoms with Crippen LogP contribution < -0.4 is 0 Å². The first kappa shape index (κ1) is 18.1. The topological polar surface area (TPSA) is 75.3 Å². The summed E-state index contributed by atoms with van der Waals surface area (Å²) in [5.41, 5.74) is 1.24. The summed E-state index contributed by atoms with van der Waals surface area (Å²) in [5, 5.41) is 0. The molecule has 0 aromatic carbocycles. The van der Waals surface area contributed by atoms with Crippen molar-refractivity contribution in [2.75, 3.05) is 6.54 Å². The lowest BCUT2D eigenvalue weighted by atomic mass is 9.94. The quantitative estimate of drug-likeness (QED) is 0.876. The largest absolute Gasteiger partial charge is 0.443 e. The number of amides is 2. The molecule has 0 fully saturated rings. The fourth-order valence-electron chi connectivity index (χ4n) is 3.06. The summed E-state index contributed by atoms with van der Waals surface area (Å²) in [6.07, 6.45) is 2.67. The number of pyridine rings is 1. The second-order valence-corrected chi connectivity index (χ2v) is 7.37. The van der Waals surface area contributed by atoms with Gasteiger partial charge in [0.05, 0.1) is 11.8 Å². The lowest BCUT2D eigenvalue weighted by Gasteiger charge is -2.32. The van der Waals surface area contributed by atoms with Crippen LogP contribution in [0.1, 0.15) is 56.1 Å². The molecule has 26 heavy (non-hydrogen) atoms. The third-order valence-corrected chi connectivity index (χ3v) is 4.30. The average Bonchev–Trinajstić information content (AvgIpc) is 2.99. The molecule has 1 atom stereocenters. The van der Waals surface area contributed by atoms with Gasteiger partial charge in [0.2, 0.25) is 0 Å². The number of aromatic amines is 1. The van der Waals surface area contributed by atoms with E-state index < -0.39 is 23.4 Å². The highest BCUT2D eigenvalue weighted by Gasteiger charge is 2.38. The fraction of sp³-hybridized carbons (Fsp3) is 0.421. The Bertz CT molecular complexity index is 854. The fourth-order valence-corrected chi connectivity index (χ4v) is 3.06. The summed E-state index contributed by atoms with van der Waals surface area (Å²) < 4.78 is 19.4. The molecule has 2 amide bonds. The van der Waals surface area contributed by atoms with Gasteiger partial charge in [-0.3, -0.25) is 9.78 Å². The number of H-pyrrole nitrogens is 1. The zero-order valence-electron chi connectivity index (χ0n) is 15.3. The summed E-state index contributed by atoms with van der Waals surface area (Å²) in [6.45, 7) is 7.47. The molecule has 0 bridgehead atoms. The van der Waals surface area contributed by atoms with Crippen LogP contribution in [0, 0.1) is 5.82 Å². The molecule has 2 aromatic rings. The van der Waals surface area contributed by atoms with Crippen LogP contribution in [-0.2, 0) is 4.74 Å². The average molecular weight is 359 g/mol. The number of nitrogens with zero attached hydrogens (tertiary/aromatic N) is 2. The van der Waals surface area contributed by atoms with Gasteiger partial charge in [-0.15, -0.1) is 0 Å². The van der Waals surface area contributed by atoms with Crippen molar-refractivity contribution in [2.45, 2.75) is 45.6 Å². The van der Waals surface area contributed by atoms with Crippen molar-refractivity contribution in [1.82, 2.24) is 14.9 Å². The van der Waals surface area contributed by atoms with Crippen LogP contribution in [0.4, 0.5) is 9.18 Å². The van der Waals surface area contributed by atoms with Crippen LogP contribution in [-0.4, -0.2) is 39.0 Å². The van der Waals surface area contributed by atoms with Crippen molar-refractivity contribution in [3.05, 3.63) is 41.6 Å². The second-order valence-electron chi connectivity index (χ2n) is 7.37. The summed E-state index contributed by atoms with van der Waals surface area (Å²) in [7, 11) is 0. The number of nitrogens with one attached hydrogen (secondary N) is 1. The summed E-state index contributed by atoms with van der Waals surface area (Å²) >= 11 is 0. The number of fused-ring (bicyclic) bond motifs is 1. The van der Waals surface area contributed by atoms with Crippen LogP contribution in [0.2, 0.25) is 0 Å². The van der Waals surface area contributed by atoms with Gasteiger partial charge in [-0.1, -0.05) is 6.92 Å². The van der Waals surface area contributed by atoms with E-state index in [9.17, 15) is 14.0 Å². The van der Waals surface area contributed by atoms with Gasteiger partial charge in [-0.25, -0.2) is 14.1 Å². The molecule has 0 radical (unpaired) electrons. The van der Waals surface area contributed by atoms with Crippen molar-refractivity contribution >= 4 is 12.0 Å². The zero-order valence-corrected chi connectivity index (χ0v) is 15.3. The highest BCUT2D eigenvalue weighted by atomic mass is 19.1. The van der Waals surface area contributed by atoms with Gasteiger partial charge in [0.1, 0.15) is 5.60 Å². The highest BCUT2D eigenvalue weighted by molar-refractivity contribution is 6.05. The molecule has 0 saturated heterocycles. The number of carbonyl (C=O) groups excluding carboxylic acids is 2. The lowest BCUT2D eigenvalue weighted by molar-refractivity contribution is 0.0217. The Kier molecular flexibility index (Phi) is 4.56. The van der Waals surface area contributed by atoms with Gasteiger partial charge in [-0.05, 0) is 39.3 Å². The number of rotatable bonds is 2. The normalized spacial score (nSPS) is 17.2. The number of carbonyl (C=O) groups is 2. The maximum atomic E-state index is 14.1. The molecule has 1 aliphatic heterocycles. The number of ether oxygens (including phenoxy) is 1. The number of imide groups is 1. The minimum atomic E-state index is -0.692. The predicted octanol–water partition coefficient (Wildman–Crippen LogP) is 4.10. The Balaban J connectivity index is 1.99. The van der Waals surface area contributed by atoms with E-state index in [0.29, 0.717) is 16.8 Å². The number of aromatic nitrogens is 2. The predicted molar refractivity (Wildman–Crippen MR) is 94.3 cm³/mol. The van der Waals surface area contributed by atoms with Crippen molar-refractivity contribution < 1.29 is 18.7 Å². The molecule has 7 heteroatoms. The number of hydrogen-bond donors (Lipinski definition) is 1. The molecule has 1 N–H and O–H groups in total. The Morgan fingerprint density at radius 1 is 1.42 bits per heavy atom. The van der Waals surface area contributed by atoms with Gasteiger partial charge >= 0.3 is 6.09 Å². The maximum absolute atomic E-state index is 14.1. The SMILES string of the molecule is CCC1CN(C(=O)OC(C)(C)C)C(=O)c2cc(-c3ccncc3F)[nH]c21. The monoisotopic (exact) mass is 359 g/mol. The zero-order chi connectivity index (χ0) is 19.1. The third-order valence-electron chi connectivity index (χ3n) is 4.30. The molecule has 3 heterocycles. The highest BCUT2D eigenvalue weighted by Crippen LogP contribution is 2.34. The Labute approximate surface area is 151 Å². The first-order chi connectivity index (χ1) is 12.2. The summed E-state index contributed by atoms with van der Waals surface area (Å²) in [6, 6.07) is 3.14. The van der Waals surface area contributed by atoms with Crippen LogP contribution in [0.15, 0.2) is 24.5 Å². The molecule has 0 saturated carbocycles. The third kappa shape index (κ3) is 3.34. The first-order valence-corrected chi connectivity index (χ1v) is 8.59. The van der Waals surface area contributed by atoms with E-state index >= 15 is 0 Å². The van der Waals surface area contributed by atoms with E-state index in [2.05, 4.69) is 9.97 Å². The van der Waals surface area contributed by atoms with Gasteiger partial charge < -0.3 is 9.72 Å². The second kappa shape index (κ2) is 6.55. The Hall–Kier alpha value is -2.70. The molecule has 1 aliphatic rings. The Morgan fingerprint density at radius 2 is 2.15 bits per heavy atom. The van der Waals surface area contributed by atoms with Crippen LogP contribution >= 0.6 is 0 Å². The van der Waals surface area contributed by atoms with Crippen LogP contribution in [0.5, 0.6) is 0 Å². The van der Waals surface area contributed by atoms with Crippen molar-refractivity contribution in [2.24, 2.45) is 0 Å². The standard InChI is InChI=1S/C19H22FN3O3/c1-5-11-10-23(18(25)26-19(2,3)4)17(24)13-8-15(22-16(11)13)12-6-7-21-9-14(12)20/h6-9,11,22H,5,10H2,1-4H3. The molecular formula is C19H22FN3O3. The van der Waals surface area contributed by atoms with Crippen molar-refractivity contribution in [1.29, 1.82) is 0 Å². The van der Waals surface area contributed by atoms with E-state index in [0.717, 1.165) is 23.2 Å². The van der Waals surface area contributed by atoms with E-state index in [1.165, 1.54) is 6.20 Å². The molecule has 138 valence electrons.